The van der Waals surface area contributed by atoms with E-state index in [-0.39, 0.29) is 11.7 Å². The first-order valence-corrected chi connectivity index (χ1v) is 9.48. The van der Waals surface area contributed by atoms with Crippen LogP contribution < -0.4 is 9.47 Å². The molecular weight excluding hydrogens is 380 g/mol. The average Bonchev–Trinajstić information content (AvgIpc) is 2.74. The van der Waals surface area contributed by atoms with Crippen molar-refractivity contribution in [3.05, 3.63) is 53.6 Å². The lowest BCUT2D eigenvalue weighted by molar-refractivity contribution is -0.277. The van der Waals surface area contributed by atoms with Crippen molar-refractivity contribution in [2.75, 3.05) is 13.2 Å². The Bertz CT molecular complexity index is 837. The van der Waals surface area contributed by atoms with Gasteiger partial charge >= 0.3 is 0 Å². The number of aliphatic hydroxyl groups is 4. The molecule has 2 aromatic rings. The SMILES string of the molecule is OCC1O[C@H](Oc2ccc3c(c2)OC[C@H](c2ccc(O)cc2)C3)[C@@H](O)C(O)[C@@H]1O. The molecule has 2 heterocycles. The van der Waals surface area contributed by atoms with E-state index in [4.69, 9.17) is 14.2 Å². The van der Waals surface area contributed by atoms with Crippen molar-refractivity contribution in [2.24, 2.45) is 0 Å². The van der Waals surface area contributed by atoms with E-state index < -0.39 is 37.3 Å². The summed E-state index contributed by atoms with van der Waals surface area (Å²) in [7, 11) is 0. The van der Waals surface area contributed by atoms with Gasteiger partial charge in [0.25, 0.3) is 0 Å². The van der Waals surface area contributed by atoms with Gasteiger partial charge in [-0.15, -0.1) is 0 Å². The smallest absolute Gasteiger partial charge is 0.229 e. The predicted octanol–water partition coefficient (Wildman–Crippen LogP) is 0.290. The summed E-state index contributed by atoms with van der Waals surface area (Å²) in [4.78, 5) is 0. The molecule has 0 aromatic heterocycles. The summed E-state index contributed by atoms with van der Waals surface area (Å²) in [6.45, 7) is -0.0436. The zero-order valence-corrected chi connectivity index (χ0v) is 15.6. The monoisotopic (exact) mass is 404 g/mol. The largest absolute Gasteiger partial charge is 0.508 e. The number of phenols is 1. The van der Waals surface area contributed by atoms with Crippen molar-refractivity contribution >= 4 is 0 Å². The van der Waals surface area contributed by atoms with Crippen LogP contribution in [0.4, 0.5) is 0 Å². The molecule has 29 heavy (non-hydrogen) atoms. The van der Waals surface area contributed by atoms with E-state index in [2.05, 4.69) is 0 Å². The Kier molecular flexibility index (Phi) is 5.62. The lowest BCUT2D eigenvalue weighted by Crippen LogP contribution is -2.60. The summed E-state index contributed by atoms with van der Waals surface area (Å²) in [5.74, 6) is 1.42. The molecule has 2 unspecified atom stereocenters. The first-order valence-electron chi connectivity index (χ1n) is 9.48. The van der Waals surface area contributed by atoms with Crippen molar-refractivity contribution in [1.82, 2.24) is 0 Å². The van der Waals surface area contributed by atoms with Gasteiger partial charge in [-0.25, -0.2) is 0 Å². The lowest BCUT2D eigenvalue weighted by Gasteiger charge is -2.39. The van der Waals surface area contributed by atoms with Gasteiger partial charge < -0.3 is 39.7 Å². The molecule has 2 aliphatic rings. The van der Waals surface area contributed by atoms with Gasteiger partial charge in [-0.2, -0.15) is 0 Å². The number of phenolic OH excluding ortho intramolecular Hbond substituents is 1. The highest BCUT2D eigenvalue weighted by Crippen LogP contribution is 2.36. The van der Waals surface area contributed by atoms with Gasteiger partial charge in [0, 0.05) is 12.0 Å². The van der Waals surface area contributed by atoms with Crippen molar-refractivity contribution in [3.8, 4) is 17.2 Å². The Balaban J connectivity index is 1.46. The quantitative estimate of drug-likeness (QED) is 0.492. The average molecular weight is 404 g/mol. The van der Waals surface area contributed by atoms with E-state index in [1.807, 2.05) is 18.2 Å². The maximum absolute atomic E-state index is 10.1. The highest BCUT2D eigenvalue weighted by atomic mass is 16.7. The molecule has 2 aromatic carbocycles. The number of ether oxygens (including phenoxy) is 3. The van der Waals surface area contributed by atoms with Gasteiger partial charge in [0.15, 0.2) is 0 Å². The molecule has 8 heteroatoms. The molecule has 4 rings (SSSR count). The van der Waals surface area contributed by atoms with Gasteiger partial charge in [0.1, 0.15) is 41.7 Å². The van der Waals surface area contributed by atoms with Gasteiger partial charge in [-0.3, -0.25) is 0 Å². The molecule has 6 atom stereocenters. The number of aromatic hydroxyl groups is 1. The van der Waals surface area contributed by atoms with Crippen LogP contribution in [0.3, 0.4) is 0 Å². The molecule has 0 amide bonds. The predicted molar refractivity (Wildman–Crippen MR) is 101 cm³/mol. The van der Waals surface area contributed by atoms with Crippen LogP contribution in [-0.2, 0) is 11.2 Å². The Morgan fingerprint density at radius 2 is 1.72 bits per heavy atom. The van der Waals surface area contributed by atoms with E-state index in [0.717, 1.165) is 17.5 Å². The number of fused-ring (bicyclic) bond motifs is 1. The van der Waals surface area contributed by atoms with E-state index in [1.54, 1.807) is 24.3 Å². The van der Waals surface area contributed by atoms with E-state index >= 15 is 0 Å². The highest BCUT2D eigenvalue weighted by Gasteiger charge is 2.44. The number of hydrogen-bond donors (Lipinski definition) is 5. The maximum atomic E-state index is 10.1. The van der Waals surface area contributed by atoms with E-state index in [0.29, 0.717) is 18.1 Å². The van der Waals surface area contributed by atoms with E-state index in [9.17, 15) is 25.5 Å². The molecule has 2 aliphatic heterocycles. The number of hydrogen-bond acceptors (Lipinski definition) is 8. The summed E-state index contributed by atoms with van der Waals surface area (Å²) >= 11 is 0. The molecule has 0 saturated carbocycles. The topological polar surface area (TPSA) is 129 Å². The lowest BCUT2D eigenvalue weighted by atomic mass is 9.90. The second-order valence-corrected chi connectivity index (χ2v) is 7.39. The molecule has 0 spiro atoms. The van der Waals surface area contributed by atoms with Crippen LogP contribution in [0.2, 0.25) is 0 Å². The first kappa shape index (κ1) is 19.9. The zero-order valence-electron chi connectivity index (χ0n) is 15.6. The fraction of sp³-hybridized carbons (Fsp3) is 0.429. The third kappa shape index (κ3) is 4.03. The minimum Gasteiger partial charge on any atom is -0.508 e. The van der Waals surface area contributed by atoms with Gasteiger partial charge in [-0.05, 0) is 35.7 Å². The Morgan fingerprint density at radius 1 is 0.966 bits per heavy atom. The maximum Gasteiger partial charge on any atom is 0.229 e. The van der Waals surface area contributed by atoms with Crippen LogP contribution in [0.5, 0.6) is 17.2 Å². The molecule has 1 saturated heterocycles. The third-order valence-corrected chi connectivity index (χ3v) is 5.41. The van der Waals surface area contributed by atoms with Crippen LogP contribution in [0.1, 0.15) is 17.0 Å². The molecule has 0 aliphatic carbocycles. The first-order chi connectivity index (χ1) is 14.0. The Labute approximate surface area is 167 Å². The normalized spacial score (nSPS) is 31.6. The van der Waals surface area contributed by atoms with Crippen LogP contribution in [-0.4, -0.2) is 69.5 Å². The fourth-order valence-electron chi connectivity index (χ4n) is 3.69. The molecule has 1 fully saturated rings. The van der Waals surface area contributed by atoms with Crippen LogP contribution in [0, 0.1) is 0 Å². The third-order valence-electron chi connectivity index (χ3n) is 5.41. The summed E-state index contributed by atoms with van der Waals surface area (Å²) in [5.41, 5.74) is 2.07. The van der Waals surface area contributed by atoms with Crippen LogP contribution in [0.15, 0.2) is 42.5 Å². The highest BCUT2D eigenvalue weighted by molar-refractivity contribution is 5.44. The second-order valence-electron chi connectivity index (χ2n) is 7.39. The summed E-state index contributed by atoms with van der Waals surface area (Å²) in [6, 6.07) is 12.3. The van der Waals surface area contributed by atoms with Crippen molar-refractivity contribution in [2.45, 2.75) is 43.0 Å². The molecular formula is C21H24O8. The zero-order chi connectivity index (χ0) is 20.5. The molecule has 0 radical (unpaired) electrons. The fourth-order valence-corrected chi connectivity index (χ4v) is 3.69. The Morgan fingerprint density at radius 3 is 2.45 bits per heavy atom. The van der Waals surface area contributed by atoms with E-state index in [1.165, 1.54) is 0 Å². The van der Waals surface area contributed by atoms with Gasteiger partial charge in [-0.1, -0.05) is 18.2 Å². The summed E-state index contributed by atoms with van der Waals surface area (Å²) in [5, 5.41) is 48.6. The summed E-state index contributed by atoms with van der Waals surface area (Å²) in [6.07, 6.45) is -5.90. The molecule has 156 valence electrons. The number of aliphatic hydroxyl groups excluding tert-OH is 4. The minimum atomic E-state index is -1.49. The van der Waals surface area contributed by atoms with Crippen LogP contribution >= 0.6 is 0 Å². The number of rotatable bonds is 4. The standard InChI is InChI=1S/C21H24O8/c22-9-17-18(24)19(25)20(26)21(29-17)28-15-6-3-12-7-13(10-27-16(12)8-15)11-1-4-14(23)5-2-11/h1-6,8,13,17-26H,7,9-10H2/t13-,17?,18-,19?,20+,21+/m1/s1. The van der Waals surface area contributed by atoms with Gasteiger partial charge in [0.2, 0.25) is 6.29 Å². The van der Waals surface area contributed by atoms with Gasteiger partial charge in [0.05, 0.1) is 13.2 Å². The Hall–Kier alpha value is -2.36. The molecule has 0 bridgehead atoms. The van der Waals surface area contributed by atoms with Crippen molar-refractivity contribution in [3.63, 3.8) is 0 Å². The molecule has 8 nitrogen and oxygen atoms in total. The van der Waals surface area contributed by atoms with Crippen molar-refractivity contribution < 1.29 is 39.7 Å². The number of benzene rings is 2. The van der Waals surface area contributed by atoms with Crippen molar-refractivity contribution in [1.29, 1.82) is 0 Å². The second kappa shape index (κ2) is 8.17. The van der Waals surface area contributed by atoms with Crippen LogP contribution in [0.25, 0.3) is 0 Å². The summed E-state index contributed by atoms with van der Waals surface area (Å²) < 4.78 is 16.9. The minimum absolute atomic E-state index is 0.167. The molecule has 5 N–H and O–H groups in total.